The molecule has 0 saturated carbocycles. The zero-order chi connectivity index (χ0) is 10.7. The van der Waals surface area contributed by atoms with E-state index in [2.05, 4.69) is 15.3 Å². The van der Waals surface area contributed by atoms with Crippen molar-refractivity contribution in [2.24, 2.45) is 4.99 Å². The summed E-state index contributed by atoms with van der Waals surface area (Å²) in [6.45, 7) is 0. The topological polar surface area (TPSA) is 61.1 Å². The lowest BCUT2D eigenvalue weighted by molar-refractivity contribution is 0.899. The standard InChI is InChI=1S/C9H10N4S2/c1-14-8(11-5-10)13-9-12-6-3-2-4-7(6)15-9/h2-4H2,1H3,(H,11,12,13). The molecule has 1 aromatic rings. The highest BCUT2D eigenvalue weighted by Gasteiger charge is 2.16. The van der Waals surface area contributed by atoms with Crippen LogP contribution < -0.4 is 5.32 Å². The zero-order valence-electron chi connectivity index (χ0n) is 8.28. The molecule has 4 nitrogen and oxygen atoms in total. The van der Waals surface area contributed by atoms with Crippen LogP contribution in [0.3, 0.4) is 0 Å². The minimum Gasteiger partial charge on any atom is -0.271 e. The summed E-state index contributed by atoms with van der Waals surface area (Å²) in [4.78, 5) is 10.1. The highest BCUT2D eigenvalue weighted by Crippen LogP contribution is 2.32. The Bertz CT molecular complexity index is 408. The van der Waals surface area contributed by atoms with E-state index in [0.717, 1.165) is 18.0 Å². The van der Waals surface area contributed by atoms with Crippen molar-refractivity contribution in [1.82, 2.24) is 10.3 Å². The maximum Gasteiger partial charge on any atom is 0.212 e. The fourth-order valence-corrected chi connectivity index (χ4v) is 2.89. The van der Waals surface area contributed by atoms with Crippen LogP contribution in [0.25, 0.3) is 0 Å². The molecule has 0 atom stereocenters. The smallest absolute Gasteiger partial charge is 0.212 e. The van der Waals surface area contributed by atoms with E-state index in [1.165, 1.54) is 28.8 Å². The van der Waals surface area contributed by atoms with Gasteiger partial charge in [0.1, 0.15) is 0 Å². The number of rotatable bonds is 1. The molecule has 0 aliphatic heterocycles. The van der Waals surface area contributed by atoms with Crippen LogP contribution in [0, 0.1) is 11.5 Å². The predicted octanol–water partition coefficient (Wildman–Crippen LogP) is 2.05. The number of hydrogen-bond acceptors (Lipinski definition) is 5. The van der Waals surface area contributed by atoms with Gasteiger partial charge in [-0.3, -0.25) is 5.32 Å². The van der Waals surface area contributed by atoms with E-state index < -0.39 is 0 Å². The molecular formula is C9H10N4S2. The molecule has 0 saturated heterocycles. The summed E-state index contributed by atoms with van der Waals surface area (Å²) in [5.41, 5.74) is 1.19. The number of aliphatic imine (C=N–C) groups is 1. The van der Waals surface area contributed by atoms with Crippen molar-refractivity contribution in [1.29, 1.82) is 5.26 Å². The number of aromatic nitrogens is 1. The van der Waals surface area contributed by atoms with Crippen LogP contribution in [0.2, 0.25) is 0 Å². The number of amidine groups is 1. The van der Waals surface area contributed by atoms with E-state index in [1.54, 1.807) is 11.3 Å². The summed E-state index contributed by atoms with van der Waals surface area (Å²) in [5, 5.41) is 12.4. The van der Waals surface area contributed by atoms with Crippen LogP contribution in [0.4, 0.5) is 5.13 Å². The Kier molecular flexibility index (Phi) is 3.23. The largest absolute Gasteiger partial charge is 0.271 e. The highest BCUT2D eigenvalue weighted by atomic mass is 32.2. The summed E-state index contributed by atoms with van der Waals surface area (Å²) in [6.07, 6.45) is 7.15. The number of nitriles is 1. The van der Waals surface area contributed by atoms with Gasteiger partial charge in [-0.05, 0) is 25.5 Å². The van der Waals surface area contributed by atoms with Gasteiger partial charge in [0, 0.05) is 4.88 Å². The number of fused-ring (bicyclic) bond motifs is 1. The van der Waals surface area contributed by atoms with Gasteiger partial charge in [0.2, 0.25) is 5.13 Å². The molecule has 1 aliphatic rings. The molecule has 0 radical (unpaired) electrons. The molecule has 0 amide bonds. The molecule has 15 heavy (non-hydrogen) atoms. The minimum absolute atomic E-state index is 0.602. The molecule has 0 spiro atoms. The lowest BCUT2D eigenvalue weighted by Crippen LogP contribution is -2.12. The van der Waals surface area contributed by atoms with Crippen LogP contribution >= 0.6 is 23.1 Å². The second-order valence-electron chi connectivity index (χ2n) is 3.08. The summed E-state index contributed by atoms with van der Waals surface area (Å²) in [5.74, 6) is 0. The number of hydrogen-bond donors (Lipinski definition) is 1. The highest BCUT2D eigenvalue weighted by molar-refractivity contribution is 8.13. The van der Waals surface area contributed by atoms with Crippen molar-refractivity contribution < 1.29 is 0 Å². The molecule has 1 heterocycles. The lowest BCUT2D eigenvalue weighted by Gasteiger charge is -1.95. The van der Waals surface area contributed by atoms with Crippen molar-refractivity contribution in [2.75, 3.05) is 6.26 Å². The Morgan fingerprint density at radius 1 is 1.67 bits per heavy atom. The first-order valence-corrected chi connectivity index (χ1v) is 6.64. The van der Waals surface area contributed by atoms with Crippen LogP contribution in [-0.4, -0.2) is 16.4 Å². The molecule has 1 aliphatic carbocycles. The first kappa shape index (κ1) is 10.5. The van der Waals surface area contributed by atoms with Crippen LogP contribution in [0.15, 0.2) is 4.99 Å². The Balaban J connectivity index is 2.19. The first-order valence-electron chi connectivity index (χ1n) is 4.60. The molecule has 78 valence electrons. The van der Waals surface area contributed by atoms with Crippen molar-refractivity contribution in [3.63, 3.8) is 0 Å². The van der Waals surface area contributed by atoms with E-state index >= 15 is 0 Å². The van der Waals surface area contributed by atoms with Crippen LogP contribution in [-0.2, 0) is 12.8 Å². The lowest BCUT2D eigenvalue weighted by atomic mass is 10.4. The van der Waals surface area contributed by atoms with Crippen molar-refractivity contribution in [2.45, 2.75) is 19.3 Å². The van der Waals surface area contributed by atoms with Crippen molar-refractivity contribution in [3.05, 3.63) is 10.6 Å². The monoisotopic (exact) mass is 238 g/mol. The van der Waals surface area contributed by atoms with Crippen molar-refractivity contribution in [3.8, 4) is 6.19 Å². The van der Waals surface area contributed by atoms with Gasteiger partial charge in [0.25, 0.3) is 0 Å². The van der Waals surface area contributed by atoms with E-state index in [1.807, 2.05) is 12.4 Å². The van der Waals surface area contributed by atoms with Gasteiger partial charge >= 0.3 is 0 Å². The fraction of sp³-hybridized carbons (Fsp3) is 0.444. The van der Waals surface area contributed by atoms with E-state index in [9.17, 15) is 0 Å². The third kappa shape index (κ3) is 2.30. The molecule has 2 rings (SSSR count). The normalized spacial score (nSPS) is 14.8. The second-order valence-corrected chi connectivity index (χ2v) is 4.93. The molecule has 1 aromatic heterocycles. The first-order chi connectivity index (χ1) is 7.33. The second kappa shape index (κ2) is 4.64. The fourth-order valence-electron chi connectivity index (χ4n) is 1.48. The number of aryl methyl sites for hydroxylation is 2. The third-order valence-electron chi connectivity index (χ3n) is 2.14. The zero-order valence-corrected chi connectivity index (χ0v) is 9.91. The number of nitrogens with one attached hydrogen (secondary N) is 1. The number of nitrogens with zero attached hydrogens (tertiary/aromatic N) is 3. The van der Waals surface area contributed by atoms with Gasteiger partial charge in [-0.25, -0.2) is 4.98 Å². The predicted molar refractivity (Wildman–Crippen MR) is 63.5 cm³/mol. The average Bonchev–Trinajstić information content (AvgIpc) is 2.77. The molecule has 0 fully saturated rings. The van der Waals surface area contributed by atoms with E-state index in [0.29, 0.717) is 5.17 Å². The molecular weight excluding hydrogens is 228 g/mol. The Morgan fingerprint density at radius 3 is 3.20 bits per heavy atom. The third-order valence-corrected chi connectivity index (χ3v) is 3.77. The summed E-state index contributed by atoms with van der Waals surface area (Å²) >= 11 is 3.04. The van der Waals surface area contributed by atoms with Gasteiger partial charge in [-0.2, -0.15) is 10.3 Å². The number of thiazole rings is 1. The molecule has 0 unspecified atom stereocenters. The van der Waals surface area contributed by atoms with E-state index in [4.69, 9.17) is 5.26 Å². The quantitative estimate of drug-likeness (QED) is 0.352. The van der Waals surface area contributed by atoms with Crippen LogP contribution in [0.1, 0.15) is 17.0 Å². The molecule has 0 aromatic carbocycles. The average molecular weight is 238 g/mol. The maximum atomic E-state index is 8.49. The summed E-state index contributed by atoms with van der Waals surface area (Å²) in [7, 11) is 0. The minimum atomic E-state index is 0.602. The van der Waals surface area contributed by atoms with Crippen LogP contribution in [0.5, 0.6) is 0 Å². The molecule has 1 N–H and O–H groups in total. The van der Waals surface area contributed by atoms with Gasteiger partial charge < -0.3 is 0 Å². The van der Waals surface area contributed by atoms with Gasteiger partial charge in [-0.15, -0.1) is 0 Å². The Labute approximate surface area is 96.4 Å². The van der Waals surface area contributed by atoms with Gasteiger partial charge in [0.05, 0.1) is 5.69 Å². The molecule has 6 heteroatoms. The Morgan fingerprint density at radius 2 is 2.53 bits per heavy atom. The summed E-state index contributed by atoms with van der Waals surface area (Å²) < 4.78 is 0. The van der Waals surface area contributed by atoms with Gasteiger partial charge in [0.15, 0.2) is 11.4 Å². The number of thioether (sulfide) groups is 1. The van der Waals surface area contributed by atoms with Crippen molar-refractivity contribution >= 4 is 33.4 Å². The maximum absolute atomic E-state index is 8.49. The van der Waals surface area contributed by atoms with E-state index in [-0.39, 0.29) is 0 Å². The van der Waals surface area contributed by atoms with Gasteiger partial charge in [-0.1, -0.05) is 23.1 Å². The Hall–Kier alpha value is -1.06. The SMILES string of the molecule is CS/C(=N/c1nc2c(s1)CCC2)NC#N. The molecule has 0 bridgehead atoms. The summed E-state index contributed by atoms with van der Waals surface area (Å²) in [6, 6.07) is 0.